The highest BCUT2D eigenvalue weighted by molar-refractivity contribution is 5.97. The summed E-state index contributed by atoms with van der Waals surface area (Å²) >= 11 is 0. The minimum absolute atomic E-state index is 0.197. The van der Waals surface area contributed by atoms with Crippen LogP contribution in [-0.2, 0) is 6.54 Å². The molecule has 0 saturated carbocycles. The lowest BCUT2D eigenvalue weighted by Gasteiger charge is -2.05. The lowest BCUT2D eigenvalue weighted by atomic mass is 10.1. The van der Waals surface area contributed by atoms with Gasteiger partial charge in [-0.15, -0.1) is 4.91 Å². The number of aromatic amines is 1. The summed E-state index contributed by atoms with van der Waals surface area (Å²) in [6.45, 7) is 0.370. The first-order chi connectivity index (χ1) is 10.3. The second-order valence-corrected chi connectivity index (χ2v) is 4.47. The molecule has 0 bridgehead atoms. The van der Waals surface area contributed by atoms with Gasteiger partial charge >= 0.3 is 0 Å². The molecule has 1 amide bonds. The Balaban J connectivity index is 1.68. The summed E-state index contributed by atoms with van der Waals surface area (Å²) in [5.74, 6) is -0.197. The van der Waals surface area contributed by atoms with E-state index in [0.717, 1.165) is 5.56 Å². The van der Waals surface area contributed by atoms with Crippen molar-refractivity contribution in [1.82, 2.24) is 20.7 Å². The number of carbonyl (C=O) groups is 1. The fourth-order valence-electron chi connectivity index (χ4n) is 1.94. The van der Waals surface area contributed by atoms with Crippen molar-refractivity contribution in [1.29, 1.82) is 0 Å². The number of H-pyrrole nitrogens is 1. The van der Waals surface area contributed by atoms with Gasteiger partial charge in [0.25, 0.3) is 5.91 Å². The summed E-state index contributed by atoms with van der Waals surface area (Å²) in [6, 6.07) is 11.8. The number of aromatic nitrogens is 3. The molecule has 3 rings (SSSR count). The summed E-state index contributed by atoms with van der Waals surface area (Å²) in [5.41, 5.74) is 3.12. The molecule has 0 aliphatic carbocycles. The predicted octanol–water partition coefficient (Wildman–Crippen LogP) is 2.29. The fourth-order valence-corrected chi connectivity index (χ4v) is 1.94. The van der Waals surface area contributed by atoms with Gasteiger partial charge in [0.1, 0.15) is 16.7 Å². The van der Waals surface area contributed by atoms with E-state index in [1.165, 1.54) is 0 Å². The minimum Gasteiger partial charge on any atom is -0.348 e. The van der Waals surface area contributed by atoms with Crippen LogP contribution < -0.4 is 5.32 Å². The molecule has 7 nitrogen and oxygen atoms in total. The number of hydrogen-bond acceptors (Lipinski definition) is 5. The highest BCUT2D eigenvalue weighted by Crippen LogP contribution is 2.13. The summed E-state index contributed by atoms with van der Waals surface area (Å²) in [6.07, 6.45) is 0. The predicted molar refractivity (Wildman–Crippen MR) is 77.0 cm³/mol. The smallest absolute Gasteiger partial charge is 0.251 e. The number of rotatable bonds is 4. The van der Waals surface area contributed by atoms with Crippen LogP contribution in [0.2, 0.25) is 0 Å². The molecule has 1 aromatic heterocycles. The zero-order valence-corrected chi connectivity index (χ0v) is 10.9. The van der Waals surface area contributed by atoms with Gasteiger partial charge in [-0.2, -0.15) is 15.4 Å². The van der Waals surface area contributed by atoms with Crippen molar-refractivity contribution < 1.29 is 4.79 Å². The number of amides is 1. The van der Waals surface area contributed by atoms with Crippen LogP contribution >= 0.6 is 0 Å². The summed E-state index contributed by atoms with van der Waals surface area (Å²) in [5, 5.41) is 16.0. The van der Waals surface area contributed by atoms with E-state index < -0.39 is 0 Å². The molecule has 0 aliphatic heterocycles. The number of carbonyl (C=O) groups excluding carboxylic acids is 1. The number of nitrogens with one attached hydrogen (secondary N) is 2. The van der Waals surface area contributed by atoms with Crippen molar-refractivity contribution in [3.63, 3.8) is 0 Å². The van der Waals surface area contributed by atoms with Gasteiger partial charge in [-0.25, -0.2) is 0 Å². The Bertz CT molecular complexity index is 794. The molecule has 0 aliphatic rings. The molecule has 0 spiro atoms. The number of fused-ring (bicyclic) bond motifs is 1. The minimum atomic E-state index is -0.197. The molecule has 2 aromatic carbocycles. The number of nitroso groups, excluding NO2 is 1. The molecule has 21 heavy (non-hydrogen) atoms. The highest BCUT2D eigenvalue weighted by atomic mass is 16.3. The number of benzene rings is 2. The van der Waals surface area contributed by atoms with E-state index in [-0.39, 0.29) is 5.91 Å². The molecule has 0 atom stereocenters. The lowest BCUT2D eigenvalue weighted by molar-refractivity contribution is 0.0951. The Hall–Kier alpha value is -3.09. The van der Waals surface area contributed by atoms with E-state index in [0.29, 0.717) is 28.8 Å². The van der Waals surface area contributed by atoms with Crippen LogP contribution in [0.25, 0.3) is 11.0 Å². The largest absolute Gasteiger partial charge is 0.348 e. The molecule has 3 aromatic rings. The van der Waals surface area contributed by atoms with Crippen molar-refractivity contribution in [2.75, 3.05) is 0 Å². The standard InChI is InChI=1S/C14H11N5O2/c20-14(10-3-6-12-13(7-10)17-19-16-12)15-8-9-1-4-11(18-21)5-2-9/h1-7H,8H2,(H,15,20)(H,16,17,19). The van der Waals surface area contributed by atoms with Gasteiger partial charge in [0.2, 0.25) is 0 Å². The Labute approximate surface area is 119 Å². The van der Waals surface area contributed by atoms with E-state index in [1.807, 2.05) is 0 Å². The van der Waals surface area contributed by atoms with Crippen LogP contribution in [-0.4, -0.2) is 21.3 Å². The number of hydrogen-bond donors (Lipinski definition) is 2. The first-order valence-corrected chi connectivity index (χ1v) is 6.27. The van der Waals surface area contributed by atoms with E-state index in [4.69, 9.17) is 0 Å². The third-order valence-corrected chi connectivity index (χ3v) is 3.07. The summed E-state index contributed by atoms with van der Waals surface area (Å²) < 4.78 is 0. The molecule has 0 unspecified atom stereocenters. The highest BCUT2D eigenvalue weighted by Gasteiger charge is 2.07. The van der Waals surface area contributed by atoms with Gasteiger partial charge in [-0.1, -0.05) is 12.1 Å². The molecule has 7 heteroatoms. The van der Waals surface area contributed by atoms with Gasteiger partial charge in [0.15, 0.2) is 0 Å². The first kappa shape index (κ1) is 12.9. The molecule has 0 radical (unpaired) electrons. The molecular formula is C14H11N5O2. The van der Waals surface area contributed by atoms with Crippen LogP contribution in [0.4, 0.5) is 5.69 Å². The van der Waals surface area contributed by atoms with Gasteiger partial charge in [0.05, 0.1) is 0 Å². The zero-order chi connectivity index (χ0) is 14.7. The fraction of sp³-hybridized carbons (Fsp3) is 0.0714. The van der Waals surface area contributed by atoms with Crippen LogP contribution in [0.15, 0.2) is 47.6 Å². The molecule has 1 heterocycles. The van der Waals surface area contributed by atoms with E-state index in [1.54, 1.807) is 42.5 Å². The Morgan fingerprint density at radius 2 is 1.86 bits per heavy atom. The first-order valence-electron chi connectivity index (χ1n) is 6.27. The van der Waals surface area contributed by atoms with Crippen molar-refractivity contribution >= 4 is 22.6 Å². The summed E-state index contributed by atoms with van der Waals surface area (Å²) in [4.78, 5) is 22.4. The quantitative estimate of drug-likeness (QED) is 0.716. The van der Waals surface area contributed by atoms with Crippen LogP contribution in [0.1, 0.15) is 15.9 Å². The molecule has 2 N–H and O–H groups in total. The van der Waals surface area contributed by atoms with Crippen LogP contribution in [0.5, 0.6) is 0 Å². The Kier molecular flexibility index (Phi) is 3.38. The maximum Gasteiger partial charge on any atom is 0.251 e. The Morgan fingerprint density at radius 3 is 2.62 bits per heavy atom. The van der Waals surface area contributed by atoms with Gasteiger partial charge in [-0.05, 0) is 41.1 Å². The van der Waals surface area contributed by atoms with Gasteiger partial charge in [-0.3, -0.25) is 4.79 Å². The Morgan fingerprint density at radius 1 is 1.10 bits per heavy atom. The lowest BCUT2D eigenvalue weighted by Crippen LogP contribution is -2.22. The third-order valence-electron chi connectivity index (χ3n) is 3.07. The topological polar surface area (TPSA) is 100 Å². The second kappa shape index (κ2) is 5.49. The van der Waals surface area contributed by atoms with Gasteiger partial charge < -0.3 is 5.32 Å². The van der Waals surface area contributed by atoms with Crippen molar-refractivity contribution in [3.8, 4) is 0 Å². The summed E-state index contributed by atoms with van der Waals surface area (Å²) in [7, 11) is 0. The van der Waals surface area contributed by atoms with Crippen molar-refractivity contribution in [2.45, 2.75) is 6.54 Å². The SMILES string of the molecule is O=Nc1ccc(CNC(=O)c2ccc3n[nH]nc3c2)cc1. The maximum absolute atomic E-state index is 12.1. The molecule has 104 valence electrons. The zero-order valence-electron chi connectivity index (χ0n) is 10.9. The third kappa shape index (κ3) is 2.76. The van der Waals surface area contributed by atoms with Crippen LogP contribution in [0.3, 0.4) is 0 Å². The average molecular weight is 281 g/mol. The van der Waals surface area contributed by atoms with E-state index in [2.05, 4.69) is 25.9 Å². The van der Waals surface area contributed by atoms with Crippen LogP contribution in [0, 0.1) is 4.91 Å². The average Bonchev–Trinajstić information content (AvgIpc) is 3.00. The van der Waals surface area contributed by atoms with E-state index >= 15 is 0 Å². The second-order valence-electron chi connectivity index (χ2n) is 4.47. The molecule has 0 fully saturated rings. The number of nitrogens with zero attached hydrogens (tertiary/aromatic N) is 3. The van der Waals surface area contributed by atoms with Gasteiger partial charge in [0, 0.05) is 12.1 Å². The molecule has 0 saturated heterocycles. The normalized spacial score (nSPS) is 10.5. The van der Waals surface area contributed by atoms with Crippen molar-refractivity contribution in [3.05, 3.63) is 58.5 Å². The maximum atomic E-state index is 12.1. The van der Waals surface area contributed by atoms with E-state index in [9.17, 15) is 9.70 Å². The molecular weight excluding hydrogens is 270 g/mol. The van der Waals surface area contributed by atoms with Crippen molar-refractivity contribution in [2.24, 2.45) is 5.18 Å². The monoisotopic (exact) mass is 281 g/mol.